The monoisotopic (exact) mass is 405 g/mol. The predicted molar refractivity (Wildman–Crippen MR) is 117 cm³/mol. The lowest BCUT2D eigenvalue weighted by Gasteiger charge is -2.19. The average molecular weight is 405 g/mol. The van der Waals surface area contributed by atoms with E-state index in [0.717, 1.165) is 16.7 Å². The molecule has 3 aromatic carbocycles. The van der Waals surface area contributed by atoms with Crippen molar-refractivity contribution in [2.24, 2.45) is 0 Å². The molecule has 0 spiro atoms. The summed E-state index contributed by atoms with van der Waals surface area (Å²) < 4.78 is 16.9. The van der Waals surface area contributed by atoms with Crippen molar-refractivity contribution in [2.75, 3.05) is 14.2 Å². The maximum Gasteiger partial charge on any atom is 0.252 e. The molecule has 0 aromatic heterocycles. The first kappa shape index (κ1) is 21.2. The van der Waals surface area contributed by atoms with Gasteiger partial charge in [-0.05, 0) is 42.7 Å². The van der Waals surface area contributed by atoms with Crippen molar-refractivity contribution >= 4 is 5.91 Å². The number of hydrogen-bond acceptors (Lipinski definition) is 4. The van der Waals surface area contributed by atoms with Gasteiger partial charge < -0.3 is 19.5 Å². The van der Waals surface area contributed by atoms with Crippen molar-refractivity contribution in [3.63, 3.8) is 0 Å². The topological polar surface area (TPSA) is 56.8 Å². The summed E-state index contributed by atoms with van der Waals surface area (Å²) in [6.07, 6.45) is 0. The standard InChI is InChI=1S/C25H27NO4/c1-17-10-8-9-13-21(17)18(2)26-25(27)20-14-22(28-3)24(23(15-20)29-4)30-16-19-11-6-5-7-12-19/h5-15,18H,16H2,1-4H3,(H,26,27). The average Bonchev–Trinajstić information content (AvgIpc) is 2.77. The highest BCUT2D eigenvalue weighted by atomic mass is 16.5. The molecule has 30 heavy (non-hydrogen) atoms. The molecule has 5 nitrogen and oxygen atoms in total. The van der Waals surface area contributed by atoms with Crippen LogP contribution in [0.3, 0.4) is 0 Å². The van der Waals surface area contributed by atoms with Gasteiger partial charge in [0.1, 0.15) is 6.61 Å². The van der Waals surface area contributed by atoms with Crippen LogP contribution in [-0.2, 0) is 6.61 Å². The third kappa shape index (κ3) is 4.92. The molecule has 0 aliphatic heterocycles. The van der Waals surface area contributed by atoms with Crippen LogP contribution in [0.4, 0.5) is 0 Å². The minimum absolute atomic E-state index is 0.135. The van der Waals surface area contributed by atoms with Crippen molar-refractivity contribution in [1.29, 1.82) is 0 Å². The molecular weight excluding hydrogens is 378 g/mol. The number of rotatable bonds is 8. The number of aryl methyl sites for hydroxylation is 1. The van der Waals surface area contributed by atoms with E-state index < -0.39 is 0 Å². The third-order valence-electron chi connectivity index (χ3n) is 4.95. The van der Waals surface area contributed by atoms with Gasteiger partial charge in [-0.1, -0.05) is 54.6 Å². The maximum absolute atomic E-state index is 12.9. The van der Waals surface area contributed by atoms with E-state index in [1.54, 1.807) is 26.4 Å². The highest BCUT2D eigenvalue weighted by Gasteiger charge is 2.19. The maximum atomic E-state index is 12.9. The first-order chi connectivity index (χ1) is 14.5. The molecule has 5 heteroatoms. The van der Waals surface area contributed by atoms with Crippen LogP contribution in [0, 0.1) is 6.92 Å². The SMILES string of the molecule is COc1cc(C(=O)NC(C)c2ccccc2C)cc(OC)c1OCc1ccccc1. The molecule has 1 N–H and O–H groups in total. The molecule has 1 amide bonds. The second-order valence-electron chi connectivity index (χ2n) is 7.04. The predicted octanol–water partition coefficient (Wildman–Crippen LogP) is 5.08. The van der Waals surface area contributed by atoms with E-state index >= 15 is 0 Å². The van der Waals surface area contributed by atoms with Gasteiger partial charge >= 0.3 is 0 Å². The molecule has 3 rings (SSSR count). The van der Waals surface area contributed by atoms with Gasteiger partial charge in [0.15, 0.2) is 11.5 Å². The summed E-state index contributed by atoms with van der Waals surface area (Å²) in [4.78, 5) is 12.9. The molecule has 0 aliphatic rings. The zero-order valence-electron chi connectivity index (χ0n) is 17.8. The molecule has 0 saturated carbocycles. The van der Waals surface area contributed by atoms with Crippen LogP contribution in [-0.4, -0.2) is 20.1 Å². The largest absolute Gasteiger partial charge is 0.493 e. The lowest BCUT2D eigenvalue weighted by Crippen LogP contribution is -2.27. The molecule has 0 fully saturated rings. The van der Waals surface area contributed by atoms with Crippen LogP contribution < -0.4 is 19.5 Å². The highest BCUT2D eigenvalue weighted by Crippen LogP contribution is 2.39. The summed E-state index contributed by atoms with van der Waals surface area (Å²) >= 11 is 0. The number of amides is 1. The highest BCUT2D eigenvalue weighted by molar-refractivity contribution is 5.96. The molecule has 156 valence electrons. The van der Waals surface area contributed by atoms with Crippen molar-refractivity contribution in [2.45, 2.75) is 26.5 Å². The number of carbonyl (C=O) groups is 1. The number of nitrogens with one attached hydrogen (secondary N) is 1. The van der Waals surface area contributed by atoms with E-state index in [2.05, 4.69) is 5.32 Å². The Morgan fingerprint density at radius 3 is 2.13 bits per heavy atom. The quantitative estimate of drug-likeness (QED) is 0.568. The van der Waals surface area contributed by atoms with Crippen molar-refractivity contribution in [1.82, 2.24) is 5.32 Å². The fraction of sp³-hybridized carbons (Fsp3) is 0.240. The van der Waals surface area contributed by atoms with Crippen LogP contribution in [0.15, 0.2) is 66.7 Å². The van der Waals surface area contributed by atoms with E-state index in [1.807, 2.05) is 68.4 Å². The fourth-order valence-corrected chi connectivity index (χ4v) is 3.31. The molecule has 1 atom stereocenters. The Morgan fingerprint density at radius 1 is 0.933 bits per heavy atom. The molecule has 0 radical (unpaired) electrons. The van der Waals surface area contributed by atoms with Crippen LogP contribution in [0.25, 0.3) is 0 Å². The van der Waals surface area contributed by atoms with Crippen LogP contribution >= 0.6 is 0 Å². The van der Waals surface area contributed by atoms with E-state index in [4.69, 9.17) is 14.2 Å². The minimum atomic E-state index is -0.211. The van der Waals surface area contributed by atoms with Crippen LogP contribution in [0.1, 0.15) is 40.0 Å². The Morgan fingerprint density at radius 2 is 1.53 bits per heavy atom. The van der Waals surface area contributed by atoms with Gasteiger partial charge in [-0.3, -0.25) is 4.79 Å². The van der Waals surface area contributed by atoms with Gasteiger partial charge in [0, 0.05) is 5.56 Å². The van der Waals surface area contributed by atoms with E-state index in [1.165, 1.54) is 0 Å². The lowest BCUT2D eigenvalue weighted by atomic mass is 10.0. The Balaban J connectivity index is 1.81. The second kappa shape index (κ2) is 9.83. The molecule has 0 aliphatic carbocycles. The van der Waals surface area contributed by atoms with E-state index in [0.29, 0.717) is 29.4 Å². The van der Waals surface area contributed by atoms with E-state index in [9.17, 15) is 4.79 Å². The van der Waals surface area contributed by atoms with Gasteiger partial charge in [0.2, 0.25) is 5.75 Å². The summed E-state index contributed by atoms with van der Waals surface area (Å²) in [5.41, 5.74) is 3.67. The zero-order chi connectivity index (χ0) is 21.5. The van der Waals surface area contributed by atoms with Gasteiger partial charge in [-0.25, -0.2) is 0 Å². The van der Waals surface area contributed by atoms with Crippen LogP contribution in [0.5, 0.6) is 17.2 Å². The molecule has 0 saturated heterocycles. The second-order valence-corrected chi connectivity index (χ2v) is 7.04. The first-order valence-corrected chi connectivity index (χ1v) is 9.82. The number of ether oxygens (including phenoxy) is 3. The summed E-state index contributed by atoms with van der Waals surface area (Å²) in [6.45, 7) is 4.36. The number of carbonyl (C=O) groups excluding carboxylic acids is 1. The van der Waals surface area contributed by atoms with Crippen molar-refractivity contribution in [3.8, 4) is 17.2 Å². The number of hydrogen-bond donors (Lipinski definition) is 1. The van der Waals surface area contributed by atoms with Gasteiger partial charge in [0.05, 0.1) is 20.3 Å². The van der Waals surface area contributed by atoms with Gasteiger partial charge in [-0.15, -0.1) is 0 Å². The fourth-order valence-electron chi connectivity index (χ4n) is 3.31. The summed E-state index contributed by atoms with van der Waals surface area (Å²) in [5.74, 6) is 1.14. The molecule has 1 unspecified atom stereocenters. The Labute approximate surface area is 177 Å². The van der Waals surface area contributed by atoms with Crippen LogP contribution in [0.2, 0.25) is 0 Å². The smallest absolute Gasteiger partial charge is 0.252 e. The Kier molecular flexibility index (Phi) is 6.96. The number of benzene rings is 3. The summed E-state index contributed by atoms with van der Waals surface area (Å²) in [7, 11) is 3.09. The van der Waals surface area contributed by atoms with Crippen molar-refractivity contribution in [3.05, 3.63) is 89.0 Å². The number of methoxy groups -OCH3 is 2. The molecule has 0 heterocycles. The minimum Gasteiger partial charge on any atom is -0.493 e. The zero-order valence-corrected chi connectivity index (χ0v) is 17.8. The molecular formula is C25H27NO4. The Bertz CT molecular complexity index is 976. The first-order valence-electron chi connectivity index (χ1n) is 9.82. The third-order valence-corrected chi connectivity index (χ3v) is 4.95. The van der Waals surface area contributed by atoms with Gasteiger partial charge in [0.25, 0.3) is 5.91 Å². The molecule has 3 aromatic rings. The summed E-state index contributed by atoms with van der Waals surface area (Å²) in [6, 6.07) is 21.0. The van der Waals surface area contributed by atoms with Gasteiger partial charge in [-0.2, -0.15) is 0 Å². The summed E-state index contributed by atoms with van der Waals surface area (Å²) in [5, 5.41) is 3.04. The normalized spacial score (nSPS) is 11.5. The van der Waals surface area contributed by atoms with E-state index in [-0.39, 0.29) is 11.9 Å². The lowest BCUT2D eigenvalue weighted by molar-refractivity contribution is 0.0939. The molecule has 0 bridgehead atoms. The van der Waals surface area contributed by atoms with Crippen molar-refractivity contribution < 1.29 is 19.0 Å². The Hall–Kier alpha value is -3.47.